The first-order valence-corrected chi connectivity index (χ1v) is 10.1. The van der Waals surface area contributed by atoms with E-state index >= 15 is 0 Å². The number of ether oxygens (including phenoxy) is 1. The fourth-order valence-electron chi connectivity index (χ4n) is 2.30. The molecule has 1 unspecified atom stereocenters. The molecule has 0 radical (unpaired) electrons. The average Bonchev–Trinajstić information content (AvgIpc) is 2.61. The van der Waals surface area contributed by atoms with Crippen LogP contribution >= 0.6 is 0 Å². The van der Waals surface area contributed by atoms with E-state index in [-0.39, 0.29) is 5.91 Å². The molecule has 6 nitrogen and oxygen atoms in total. The predicted octanol–water partition coefficient (Wildman–Crippen LogP) is 2.21. The number of amides is 1. The Labute approximate surface area is 154 Å². The van der Waals surface area contributed by atoms with Gasteiger partial charge in [-0.05, 0) is 43.2 Å². The lowest BCUT2D eigenvalue weighted by molar-refractivity contribution is -0.127. The number of anilines is 1. The summed E-state index contributed by atoms with van der Waals surface area (Å²) < 4.78 is 29.9. The summed E-state index contributed by atoms with van der Waals surface area (Å²) in [6.45, 7) is 2.21. The molecule has 0 aliphatic heterocycles. The number of rotatable bonds is 8. The lowest BCUT2D eigenvalue weighted by Crippen LogP contribution is -2.37. The lowest BCUT2D eigenvalue weighted by atomic mass is 10.1. The zero-order valence-electron chi connectivity index (χ0n) is 15.2. The molecule has 0 fully saturated rings. The van der Waals surface area contributed by atoms with Gasteiger partial charge in [0.15, 0.2) is 6.10 Å². The van der Waals surface area contributed by atoms with Crippen LogP contribution in [0, 0.1) is 0 Å². The molecule has 0 saturated heterocycles. The van der Waals surface area contributed by atoms with Crippen LogP contribution in [-0.2, 0) is 21.2 Å². The van der Waals surface area contributed by atoms with Crippen LogP contribution in [-0.4, -0.2) is 40.3 Å². The molecule has 140 valence electrons. The Kier molecular flexibility index (Phi) is 6.63. The molecule has 0 aliphatic carbocycles. The van der Waals surface area contributed by atoms with Crippen LogP contribution in [0.4, 0.5) is 5.69 Å². The first kappa shape index (κ1) is 19.8. The van der Waals surface area contributed by atoms with Crippen molar-refractivity contribution in [2.75, 3.05) is 24.2 Å². The third kappa shape index (κ3) is 5.77. The van der Waals surface area contributed by atoms with E-state index in [1.165, 1.54) is 11.4 Å². The molecule has 1 N–H and O–H groups in total. The maximum Gasteiger partial charge on any atom is 0.260 e. The second kappa shape index (κ2) is 8.71. The molecule has 2 aromatic carbocycles. The monoisotopic (exact) mass is 376 g/mol. The second-order valence-corrected chi connectivity index (χ2v) is 8.02. The van der Waals surface area contributed by atoms with Gasteiger partial charge in [0, 0.05) is 13.6 Å². The Balaban J connectivity index is 1.84. The van der Waals surface area contributed by atoms with Crippen molar-refractivity contribution < 1.29 is 17.9 Å². The summed E-state index contributed by atoms with van der Waals surface area (Å²) in [5.74, 6) is 0.305. The number of carbonyl (C=O) groups excluding carboxylic acids is 1. The molecule has 1 amide bonds. The zero-order chi connectivity index (χ0) is 19.2. The van der Waals surface area contributed by atoms with Crippen LogP contribution in [0.15, 0.2) is 54.6 Å². The van der Waals surface area contributed by atoms with Crippen molar-refractivity contribution >= 4 is 21.6 Å². The van der Waals surface area contributed by atoms with Gasteiger partial charge in [-0.15, -0.1) is 0 Å². The van der Waals surface area contributed by atoms with Gasteiger partial charge in [-0.2, -0.15) is 0 Å². The van der Waals surface area contributed by atoms with Crippen LogP contribution in [0.25, 0.3) is 0 Å². The maximum atomic E-state index is 12.1. The number of nitrogens with zero attached hydrogens (tertiary/aromatic N) is 1. The Morgan fingerprint density at radius 3 is 2.31 bits per heavy atom. The van der Waals surface area contributed by atoms with E-state index in [2.05, 4.69) is 5.32 Å². The molecule has 0 heterocycles. The van der Waals surface area contributed by atoms with Crippen molar-refractivity contribution in [3.05, 3.63) is 60.2 Å². The summed E-state index contributed by atoms with van der Waals surface area (Å²) in [5, 5.41) is 2.85. The number of hydrogen-bond acceptors (Lipinski definition) is 4. The van der Waals surface area contributed by atoms with Crippen LogP contribution in [0.1, 0.15) is 12.5 Å². The fraction of sp³-hybridized carbons (Fsp3) is 0.316. The number of hydrogen-bond donors (Lipinski definition) is 1. The zero-order valence-corrected chi connectivity index (χ0v) is 16.0. The van der Waals surface area contributed by atoms with Crippen molar-refractivity contribution in [2.45, 2.75) is 19.4 Å². The first-order chi connectivity index (χ1) is 12.3. The highest BCUT2D eigenvalue weighted by Crippen LogP contribution is 2.21. The van der Waals surface area contributed by atoms with Crippen molar-refractivity contribution in [2.24, 2.45) is 0 Å². The average molecular weight is 376 g/mol. The molecular weight excluding hydrogens is 352 g/mol. The highest BCUT2D eigenvalue weighted by atomic mass is 32.2. The summed E-state index contributed by atoms with van der Waals surface area (Å²) in [6.07, 6.45) is 1.25. The van der Waals surface area contributed by atoms with E-state index in [0.717, 1.165) is 18.2 Å². The van der Waals surface area contributed by atoms with Crippen molar-refractivity contribution in [1.29, 1.82) is 0 Å². The summed E-state index contributed by atoms with van der Waals surface area (Å²) in [7, 11) is -1.83. The largest absolute Gasteiger partial charge is 0.481 e. The van der Waals surface area contributed by atoms with Gasteiger partial charge in [0.25, 0.3) is 5.91 Å². The minimum Gasteiger partial charge on any atom is -0.481 e. The molecule has 0 spiro atoms. The third-order valence-electron chi connectivity index (χ3n) is 3.94. The topological polar surface area (TPSA) is 75.7 Å². The molecule has 0 bridgehead atoms. The molecular formula is C19H24N2O4S. The Bertz CT molecular complexity index is 820. The first-order valence-electron chi connectivity index (χ1n) is 8.29. The predicted molar refractivity (Wildman–Crippen MR) is 103 cm³/mol. The summed E-state index contributed by atoms with van der Waals surface area (Å²) >= 11 is 0. The molecule has 0 aliphatic rings. The van der Waals surface area contributed by atoms with Gasteiger partial charge in [0.2, 0.25) is 10.0 Å². The van der Waals surface area contributed by atoms with Crippen LogP contribution in [0.2, 0.25) is 0 Å². The molecule has 2 rings (SSSR count). The van der Waals surface area contributed by atoms with Crippen molar-refractivity contribution in [1.82, 2.24) is 5.32 Å². The number of benzene rings is 2. The normalized spacial score (nSPS) is 12.3. The van der Waals surface area contributed by atoms with E-state index in [0.29, 0.717) is 18.0 Å². The Morgan fingerprint density at radius 1 is 1.12 bits per heavy atom. The molecule has 7 heteroatoms. The highest BCUT2D eigenvalue weighted by Gasteiger charge is 2.15. The summed E-state index contributed by atoms with van der Waals surface area (Å²) in [6, 6.07) is 16.5. The molecule has 0 aromatic heterocycles. The smallest absolute Gasteiger partial charge is 0.260 e. The molecule has 26 heavy (non-hydrogen) atoms. The SMILES string of the molecule is CC(Oc1ccc(N(C)S(C)(=O)=O)cc1)C(=O)NCCc1ccccc1. The van der Waals surface area contributed by atoms with Crippen molar-refractivity contribution in [3.8, 4) is 5.75 Å². The minimum absolute atomic E-state index is 0.196. The molecule has 0 saturated carbocycles. The lowest BCUT2D eigenvalue weighted by Gasteiger charge is -2.18. The van der Waals surface area contributed by atoms with E-state index in [9.17, 15) is 13.2 Å². The van der Waals surface area contributed by atoms with Crippen LogP contribution in [0.3, 0.4) is 0 Å². The van der Waals surface area contributed by atoms with Crippen LogP contribution in [0.5, 0.6) is 5.75 Å². The number of sulfonamides is 1. The molecule has 1 atom stereocenters. The van der Waals surface area contributed by atoms with Gasteiger partial charge in [0.1, 0.15) is 5.75 Å². The van der Waals surface area contributed by atoms with E-state index < -0.39 is 16.1 Å². The standard InChI is InChI=1S/C19H24N2O4S/c1-15(19(22)20-14-13-16-7-5-4-6-8-16)25-18-11-9-17(10-12-18)21(2)26(3,23)24/h4-12,15H,13-14H2,1-3H3,(H,20,22). The third-order valence-corrected chi connectivity index (χ3v) is 5.14. The molecule has 2 aromatic rings. The second-order valence-electron chi connectivity index (χ2n) is 6.01. The van der Waals surface area contributed by atoms with E-state index in [1.54, 1.807) is 31.2 Å². The maximum absolute atomic E-state index is 12.1. The number of carbonyl (C=O) groups is 1. The Morgan fingerprint density at radius 2 is 1.73 bits per heavy atom. The Hall–Kier alpha value is -2.54. The highest BCUT2D eigenvalue weighted by molar-refractivity contribution is 7.92. The fourth-order valence-corrected chi connectivity index (χ4v) is 2.81. The van der Waals surface area contributed by atoms with Gasteiger partial charge < -0.3 is 10.1 Å². The van der Waals surface area contributed by atoms with Gasteiger partial charge in [-0.3, -0.25) is 9.10 Å². The van der Waals surface area contributed by atoms with E-state index in [4.69, 9.17) is 4.74 Å². The van der Waals surface area contributed by atoms with Crippen LogP contribution < -0.4 is 14.4 Å². The van der Waals surface area contributed by atoms with Gasteiger partial charge >= 0.3 is 0 Å². The minimum atomic E-state index is -3.31. The van der Waals surface area contributed by atoms with Gasteiger partial charge in [-0.25, -0.2) is 8.42 Å². The number of nitrogens with one attached hydrogen (secondary N) is 1. The summed E-state index contributed by atoms with van der Waals surface area (Å²) in [4.78, 5) is 12.1. The van der Waals surface area contributed by atoms with Gasteiger partial charge in [0.05, 0.1) is 11.9 Å². The quantitative estimate of drug-likeness (QED) is 0.766. The van der Waals surface area contributed by atoms with Crippen molar-refractivity contribution in [3.63, 3.8) is 0 Å². The van der Waals surface area contributed by atoms with E-state index in [1.807, 2.05) is 30.3 Å². The summed E-state index contributed by atoms with van der Waals surface area (Å²) in [5.41, 5.74) is 1.69. The van der Waals surface area contributed by atoms with Gasteiger partial charge in [-0.1, -0.05) is 30.3 Å².